The van der Waals surface area contributed by atoms with Gasteiger partial charge >= 0.3 is 0 Å². The summed E-state index contributed by atoms with van der Waals surface area (Å²) in [6, 6.07) is 1.87. The highest BCUT2D eigenvalue weighted by molar-refractivity contribution is 7.80. The van der Waals surface area contributed by atoms with E-state index in [0.717, 1.165) is 24.3 Å². The van der Waals surface area contributed by atoms with Crippen molar-refractivity contribution in [2.45, 2.75) is 38.9 Å². The molecule has 0 radical (unpaired) electrons. The Morgan fingerprint density at radius 1 is 1.32 bits per heavy atom. The number of hydrogen-bond donors (Lipinski definition) is 1. The maximum atomic E-state index is 6.09. The predicted octanol–water partition coefficient (Wildman–Crippen LogP) is 2.11. The fraction of sp³-hybridized carbons (Fsp3) is 0.571. The summed E-state index contributed by atoms with van der Waals surface area (Å²) < 4.78 is 6.09. The van der Waals surface area contributed by atoms with Crippen molar-refractivity contribution in [1.82, 2.24) is 4.98 Å². The van der Waals surface area contributed by atoms with Crippen LogP contribution in [0.15, 0.2) is 18.5 Å². The second-order valence-electron chi connectivity index (χ2n) is 6.23. The van der Waals surface area contributed by atoms with Gasteiger partial charge in [-0.1, -0.05) is 12.2 Å². The Balaban J connectivity index is 2.39. The van der Waals surface area contributed by atoms with Crippen LogP contribution in [0.5, 0.6) is 0 Å². The second kappa shape index (κ2) is 4.72. The summed E-state index contributed by atoms with van der Waals surface area (Å²) >= 11 is 5.13. The molecule has 4 nitrogen and oxygen atoms in total. The average Bonchev–Trinajstić information content (AvgIpc) is 2.24. The molecule has 19 heavy (non-hydrogen) atoms. The number of aromatic nitrogens is 1. The molecule has 0 saturated carbocycles. The highest BCUT2D eigenvalue weighted by atomic mass is 32.1. The van der Waals surface area contributed by atoms with Crippen LogP contribution in [0.1, 0.15) is 33.3 Å². The molecular weight excluding hydrogens is 258 g/mol. The number of anilines is 1. The van der Waals surface area contributed by atoms with Crippen molar-refractivity contribution in [3.8, 4) is 0 Å². The van der Waals surface area contributed by atoms with Gasteiger partial charge in [-0.2, -0.15) is 0 Å². The molecule has 1 aromatic heterocycles. The van der Waals surface area contributed by atoms with E-state index in [9.17, 15) is 0 Å². The number of rotatable bonds is 2. The first-order chi connectivity index (χ1) is 8.70. The van der Waals surface area contributed by atoms with Crippen LogP contribution < -0.4 is 10.6 Å². The number of thiocarbonyl (C=S) groups is 1. The minimum Gasteiger partial charge on any atom is -0.389 e. The summed E-state index contributed by atoms with van der Waals surface area (Å²) in [5, 5.41) is 0. The van der Waals surface area contributed by atoms with E-state index < -0.39 is 0 Å². The fourth-order valence-corrected chi connectivity index (χ4v) is 2.98. The molecule has 1 aliphatic heterocycles. The van der Waals surface area contributed by atoms with E-state index in [-0.39, 0.29) is 11.2 Å². The van der Waals surface area contributed by atoms with Gasteiger partial charge in [0.25, 0.3) is 0 Å². The van der Waals surface area contributed by atoms with Crippen LogP contribution in [0.4, 0.5) is 5.69 Å². The Labute approximate surface area is 120 Å². The van der Waals surface area contributed by atoms with Gasteiger partial charge in [-0.15, -0.1) is 0 Å². The van der Waals surface area contributed by atoms with Gasteiger partial charge in [-0.25, -0.2) is 0 Å². The lowest BCUT2D eigenvalue weighted by atomic mass is 9.98. The standard InChI is InChI=1S/C14H21N3OS/c1-13(2)8-17(9-14(3,4)18-13)11-7-16-6-5-10(11)12(15)19/h5-7H,8-9H2,1-4H3,(H2,15,19). The molecule has 0 amide bonds. The number of ether oxygens (including phenoxy) is 1. The first-order valence-electron chi connectivity index (χ1n) is 6.39. The van der Waals surface area contributed by atoms with E-state index in [0.29, 0.717) is 4.99 Å². The number of pyridine rings is 1. The third-order valence-corrected chi connectivity index (χ3v) is 3.32. The normalized spacial score (nSPS) is 21.2. The molecule has 1 fully saturated rings. The number of hydrogen-bond acceptors (Lipinski definition) is 4. The first-order valence-corrected chi connectivity index (χ1v) is 6.80. The van der Waals surface area contributed by atoms with Crippen LogP contribution in [-0.4, -0.2) is 34.3 Å². The van der Waals surface area contributed by atoms with Crippen molar-refractivity contribution in [2.24, 2.45) is 5.73 Å². The lowest BCUT2D eigenvalue weighted by Gasteiger charge is -2.48. The molecule has 1 aromatic rings. The second-order valence-corrected chi connectivity index (χ2v) is 6.67. The summed E-state index contributed by atoms with van der Waals surface area (Å²) in [5.74, 6) is 0. The maximum absolute atomic E-state index is 6.09. The number of nitrogens with two attached hydrogens (primary N) is 1. The summed E-state index contributed by atoms with van der Waals surface area (Å²) in [7, 11) is 0. The molecule has 2 heterocycles. The quantitative estimate of drug-likeness (QED) is 0.840. The molecule has 0 aromatic carbocycles. The number of nitrogens with zero attached hydrogens (tertiary/aromatic N) is 2. The Morgan fingerprint density at radius 3 is 2.42 bits per heavy atom. The third-order valence-electron chi connectivity index (χ3n) is 3.10. The Kier molecular flexibility index (Phi) is 3.53. The Hall–Kier alpha value is -1.20. The van der Waals surface area contributed by atoms with Crippen LogP contribution in [0, 0.1) is 0 Å². The van der Waals surface area contributed by atoms with Crippen molar-refractivity contribution in [3.63, 3.8) is 0 Å². The van der Waals surface area contributed by atoms with E-state index in [4.69, 9.17) is 22.7 Å². The topological polar surface area (TPSA) is 51.4 Å². The first kappa shape index (κ1) is 14.2. The van der Waals surface area contributed by atoms with Gasteiger partial charge in [0, 0.05) is 24.8 Å². The molecule has 0 aliphatic carbocycles. The zero-order valence-corrected chi connectivity index (χ0v) is 12.8. The van der Waals surface area contributed by atoms with Gasteiger partial charge in [-0.3, -0.25) is 4.98 Å². The van der Waals surface area contributed by atoms with Gasteiger partial charge < -0.3 is 15.4 Å². The molecule has 5 heteroatoms. The van der Waals surface area contributed by atoms with Crippen LogP contribution in [0.3, 0.4) is 0 Å². The lowest BCUT2D eigenvalue weighted by molar-refractivity contribution is -0.133. The molecule has 1 aliphatic rings. The van der Waals surface area contributed by atoms with E-state index in [2.05, 4.69) is 37.6 Å². The summed E-state index contributed by atoms with van der Waals surface area (Å²) in [4.78, 5) is 6.86. The molecule has 0 spiro atoms. The predicted molar refractivity (Wildman–Crippen MR) is 81.6 cm³/mol. The van der Waals surface area contributed by atoms with Crippen LogP contribution in [0.25, 0.3) is 0 Å². The molecule has 2 rings (SSSR count). The van der Waals surface area contributed by atoms with Crippen molar-refractivity contribution < 1.29 is 4.74 Å². The summed E-state index contributed by atoms with van der Waals surface area (Å²) in [6.07, 6.45) is 3.54. The van der Waals surface area contributed by atoms with Gasteiger partial charge in [0.15, 0.2) is 0 Å². The Morgan fingerprint density at radius 2 is 1.89 bits per heavy atom. The van der Waals surface area contributed by atoms with Crippen LogP contribution >= 0.6 is 12.2 Å². The summed E-state index contributed by atoms with van der Waals surface area (Å²) in [6.45, 7) is 9.96. The van der Waals surface area contributed by atoms with Crippen molar-refractivity contribution in [3.05, 3.63) is 24.0 Å². The van der Waals surface area contributed by atoms with Crippen molar-refractivity contribution in [1.29, 1.82) is 0 Å². The molecule has 0 bridgehead atoms. The van der Waals surface area contributed by atoms with E-state index in [1.54, 1.807) is 6.20 Å². The highest BCUT2D eigenvalue weighted by Crippen LogP contribution is 2.32. The third kappa shape index (κ3) is 3.22. The van der Waals surface area contributed by atoms with Gasteiger partial charge in [-0.05, 0) is 33.8 Å². The minimum atomic E-state index is -0.217. The smallest absolute Gasteiger partial charge is 0.106 e. The average molecular weight is 279 g/mol. The van der Waals surface area contributed by atoms with Gasteiger partial charge in [0.05, 0.1) is 23.1 Å². The zero-order chi connectivity index (χ0) is 14.3. The monoisotopic (exact) mass is 279 g/mol. The SMILES string of the molecule is CC1(C)CN(c2cnccc2C(N)=S)CC(C)(C)O1. The molecule has 0 unspecified atom stereocenters. The fourth-order valence-electron chi connectivity index (χ4n) is 2.80. The summed E-state index contributed by atoms with van der Waals surface area (Å²) in [5.41, 5.74) is 7.23. The number of morpholine rings is 1. The molecule has 104 valence electrons. The maximum Gasteiger partial charge on any atom is 0.106 e. The van der Waals surface area contributed by atoms with Crippen molar-refractivity contribution in [2.75, 3.05) is 18.0 Å². The molecule has 1 saturated heterocycles. The zero-order valence-electron chi connectivity index (χ0n) is 11.9. The van der Waals surface area contributed by atoms with E-state index in [1.807, 2.05) is 12.3 Å². The molecule has 2 N–H and O–H groups in total. The van der Waals surface area contributed by atoms with Gasteiger partial charge in [0.1, 0.15) is 4.99 Å². The lowest BCUT2D eigenvalue weighted by Crippen LogP contribution is -2.57. The van der Waals surface area contributed by atoms with E-state index in [1.165, 1.54) is 0 Å². The van der Waals surface area contributed by atoms with E-state index >= 15 is 0 Å². The molecular formula is C14H21N3OS. The largest absolute Gasteiger partial charge is 0.389 e. The van der Waals surface area contributed by atoms with Crippen molar-refractivity contribution >= 4 is 22.9 Å². The van der Waals surface area contributed by atoms with Crippen LogP contribution in [-0.2, 0) is 4.74 Å². The minimum absolute atomic E-state index is 0.217. The molecule has 0 atom stereocenters. The highest BCUT2D eigenvalue weighted by Gasteiger charge is 2.38. The van der Waals surface area contributed by atoms with Gasteiger partial charge in [0.2, 0.25) is 0 Å². The Bertz CT molecular complexity index is 483. The van der Waals surface area contributed by atoms with Crippen LogP contribution in [0.2, 0.25) is 0 Å².